The van der Waals surface area contributed by atoms with Crippen molar-refractivity contribution in [1.82, 2.24) is 0 Å². The molecule has 0 aliphatic rings. The summed E-state index contributed by atoms with van der Waals surface area (Å²) in [5.74, 6) is 0. The van der Waals surface area contributed by atoms with E-state index in [4.69, 9.17) is 5.73 Å². The molecule has 0 fully saturated rings. The van der Waals surface area contributed by atoms with Crippen molar-refractivity contribution in [1.29, 1.82) is 0 Å². The number of hydrogen-bond acceptors (Lipinski definition) is 4. The maximum atomic E-state index is 11.2. The van der Waals surface area contributed by atoms with Gasteiger partial charge in [-0.25, -0.2) is 0 Å². The third-order valence-corrected chi connectivity index (χ3v) is 3.82. The van der Waals surface area contributed by atoms with Gasteiger partial charge in [-0.1, -0.05) is 36.0 Å². The number of rotatable bonds is 5. The summed E-state index contributed by atoms with van der Waals surface area (Å²) in [6, 6.07) is 14.9. The Bertz CT molecular complexity index is 600. The zero-order valence-corrected chi connectivity index (χ0v) is 12.0. The molecule has 0 saturated carbocycles. The number of benzene rings is 2. The summed E-state index contributed by atoms with van der Waals surface area (Å²) in [5, 5.41) is 11.2. The quantitative estimate of drug-likeness (QED) is 0.673. The van der Waals surface area contributed by atoms with Gasteiger partial charge in [-0.15, -0.1) is 0 Å². The van der Waals surface area contributed by atoms with Crippen LogP contribution in [-0.4, -0.2) is 11.0 Å². The number of nitro groups is 1. The van der Waals surface area contributed by atoms with Gasteiger partial charge < -0.3 is 5.73 Å². The van der Waals surface area contributed by atoms with Gasteiger partial charge in [0.1, 0.15) is 0 Å². The van der Waals surface area contributed by atoms with E-state index in [1.807, 2.05) is 43.3 Å². The molecule has 0 radical (unpaired) electrons. The van der Waals surface area contributed by atoms with Crippen molar-refractivity contribution in [3.05, 3.63) is 64.2 Å². The summed E-state index contributed by atoms with van der Waals surface area (Å²) in [5.41, 5.74) is 6.77. The van der Waals surface area contributed by atoms with E-state index in [2.05, 4.69) is 0 Å². The Labute approximate surface area is 122 Å². The maximum Gasteiger partial charge on any atom is 0.283 e. The van der Waals surface area contributed by atoms with E-state index >= 15 is 0 Å². The molecular formula is C15H16N2O2S. The summed E-state index contributed by atoms with van der Waals surface area (Å²) in [4.78, 5) is 12.5. The first kappa shape index (κ1) is 14.6. The average Bonchev–Trinajstić information content (AvgIpc) is 2.41. The molecule has 0 heterocycles. The Balaban J connectivity index is 2.30. The number of nitro benzene ring substituents is 1. The molecule has 0 aromatic heterocycles. The van der Waals surface area contributed by atoms with Gasteiger partial charge >= 0.3 is 0 Å². The normalized spacial score (nSPS) is 12.1. The van der Waals surface area contributed by atoms with Gasteiger partial charge in [0.05, 0.1) is 9.82 Å². The van der Waals surface area contributed by atoms with Gasteiger partial charge in [0.25, 0.3) is 5.69 Å². The minimum Gasteiger partial charge on any atom is -0.328 e. The summed E-state index contributed by atoms with van der Waals surface area (Å²) in [6.07, 6.45) is 0.636. The van der Waals surface area contributed by atoms with Crippen LogP contribution in [0.15, 0.2) is 58.3 Å². The summed E-state index contributed by atoms with van der Waals surface area (Å²) < 4.78 is 0. The molecule has 0 bridgehead atoms. The molecule has 2 rings (SSSR count). The second-order valence-electron chi connectivity index (χ2n) is 4.66. The Hall–Kier alpha value is -1.85. The molecule has 2 aromatic carbocycles. The lowest BCUT2D eigenvalue weighted by Gasteiger charge is -2.08. The molecule has 0 aliphatic carbocycles. The van der Waals surface area contributed by atoms with Gasteiger partial charge in [-0.2, -0.15) is 0 Å². The Morgan fingerprint density at radius 3 is 2.55 bits per heavy atom. The molecule has 4 nitrogen and oxygen atoms in total. The standard InChI is InChI=1S/C15H16N2O2S/c1-11(16)9-12-7-8-15(14(10-12)17(18)19)20-13-5-3-2-4-6-13/h2-8,10-11H,9,16H2,1H3. The lowest BCUT2D eigenvalue weighted by atomic mass is 10.1. The summed E-state index contributed by atoms with van der Waals surface area (Å²) in [7, 11) is 0. The smallest absolute Gasteiger partial charge is 0.283 e. The topological polar surface area (TPSA) is 69.2 Å². The van der Waals surface area contributed by atoms with E-state index in [0.29, 0.717) is 11.3 Å². The molecule has 0 aliphatic heterocycles. The Kier molecular flexibility index (Phi) is 4.76. The van der Waals surface area contributed by atoms with Crippen LogP contribution in [0.3, 0.4) is 0 Å². The molecule has 1 unspecified atom stereocenters. The van der Waals surface area contributed by atoms with E-state index in [1.165, 1.54) is 11.8 Å². The zero-order chi connectivity index (χ0) is 14.5. The zero-order valence-electron chi connectivity index (χ0n) is 11.2. The predicted molar refractivity (Wildman–Crippen MR) is 81.0 cm³/mol. The van der Waals surface area contributed by atoms with Gasteiger partial charge in [0.2, 0.25) is 0 Å². The average molecular weight is 288 g/mol. The van der Waals surface area contributed by atoms with Crippen LogP contribution in [0.4, 0.5) is 5.69 Å². The van der Waals surface area contributed by atoms with E-state index < -0.39 is 0 Å². The van der Waals surface area contributed by atoms with Crippen molar-refractivity contribution in [2.45, 2.75) is 29.2 Å². The Morgan fingerprint density at radius 2 is 1.95 bits per heavy atom. The van der Waals surface area contributed by atoms with E-state index in [9.17, 15) is 10.1 Å². The van der Waals surface area contributed by atoms with Crippen LogP contribution in [0.5, 0.6) is 0 Å². The monoisotopic (exact) mass is 288 g/mol. The molecule has 20 heavy (non-hydrogen) atoms. The summed E-state index contributed by atoms with van der Waals surface area (Å²) >= 11 is 1.40. The van der Waals surface area contributed by atoms with Gasteiger partial charge in [-0.3, -0.25) is 10.1 Å². The molecule has 0 saturated heterocycles. The highest BCUT2D eigenvalue weighted by Gasteiger charge is 2.16. The molecule has 1 atom stereocenters. The summed E-state index contributed by atoms with van der Waals surface area (Å²) in [6.45, 7) is 1.89. The van der Waals surface area contributed by atoms with Crippen LogP contribution in [-0.2, 0) is 6.42 Å². The number of nitrogens with zero attached hydrogens (tertiary/aromatic N) is 1. The van der Waals surface area contributed by atoms with Crippen molar-refractivity contribution >= 4 is 17.4 Å². The second kappa shape index (κ2) is 6.54. The lowest BCUT2D eigenvalue weighted by Crippen LogP contribution is -2.17. The first-order valence-corrected chi connectivity index (χ1v) is 7.13. The molecule has 2 aromatic rings. The molecular weight excluding hydrogens is 272 g/mol. The van der Waals surface area contributed by atoms with Crippen LogP contribution in [0.1, 0.15) is 12.5 Å². The molecule has 0 spiro atoms. The van der Waals surface area contributed by atoms with Crippen molar-refractivity contribution in [3.8, 4) is 0 Å². The molecule has 0 amide bonds. The fourth-order valence-electron chi connectivity index (χ4n) is 1.91. The van der Waals surface area contributed by atoms with E-state index in [0.717, 1.165) is 10.5 Å². The largest absolute Gasteiger partial charge is 0.328 e. The first-order chi connectivity index (χ1) is 9.56. The highest BCUT2D eigenvalue weighted by molar-refractivity contribution is 7.99. The van der Waals surface area contributed by atoms with Crippen molar-refractivity contribution in [2.75, 3.05) is 0 Å². The van der Waals surface area contributed by atoms with Crippen molar-refractivity contribution < 1.29 is 4.92 Å². The molecule has 5 heteroatoms. The predicted octanol–water partition coefficient (Wildman–Crippen LogP) is 3.64. The van der Waals surface area contributed by atoms with Gasteiger partial charge in [-0.05, 0) is 37.1 Å². The molecule has 104 valence electrons. The van der Waals surface area contributed by atoms with Crippen LogP contribution in [0.2, 0.25) is 0 Å². The molecule has 2 N–H and O–H groups in total. The minimum atomic E-state index is -0.337. The minimum absolute atomic E-state index is 0.0118. The van der Waals surface area contributed by atoms with Gasteiger partial charge in [0.15, 0.2) is 0 Å². The van der Waals surface area contributed by atoms with E-state index in [-0.39, 0.29) is 16.7 Å². The van der Waals surface area contributed by atoms with Crippen LogP contribution in [0.25, 0.3) is 0 Å². The fourth-order valence-corrected chi connectivity index (χ4v) is 2.83. The van der Waals surface area contributed by atoms with Crippen LogP contribution in [0, 0.1) is 10.1 Å². The highest BCUT2D eigenvalue weighted by atomic mass is 32.2. The van der Waals surface area contributed by atoms with Crippen LogP contribution < -0.4 is 5.73 Å². The Morgan fingerprint density at radius 1 is 1.25 bits per heavy atom. The highest BCUT2D eigenvalue weighted by Crippen LogP contribution is 2.35. The first-order valence-electron chi connectivity index (χ1n) is 6.32. The fraction of sp³-hybridized carbons (Fsp3) is 0.200. The maximum absolute atomic E-state index is 11.2. The number of hydrogen-bond donors (Lipinski definition) is 1. The van der Waals surface area contributed by atoms with Crippen molar-refractivity contribution in [2.24, 2.45) is 5.73 Å². The second-order valence-corrected chi connectivity index (χ2v) is 5.77. The van der Waals surface area contributed by atoms with Crippen LogP contribution >= 0.6 is 11.8 Å². The van der Waals surface area contributed by atoms with Crippen molar-refractivity contribution in [3.63, 3.8) is 0 Å². The SMILES string of the molecule is CC(N)Cc1ccc(Sc2ccccc2)c([N+](=O)[O-])c1. The number of nitrogens with two attached hydrogens (primary N) is 1. The van der Waals surface area contributed by atoms with E-state index in [1.54, 1.807) is 12.1 Å². The van der Waals surface area contributed by atoms with Gasteiger partial charge in [0, 0.05) is 17.0 Å². The lowest BCUT2D eigenvalue weighted by molar-refractivity contribution is -0.387. The third-order valence-electron chi connectivity index (χ3n) is 2.75. The third kappa shape index (κ3) is 3.82.